The van der Waals surface area contributed by atoms with Gasteiger partial charge in [-0.2, -0.15) is 0 Å². The number of allylic oxidation sites excluding steroid dienone is 2. The van der Waals surface area contributed by atoms with Gasteiger partial charge in [-0.3, -0.25) is 0 Å². The summed E-state index contributed by atoms with van der Waals surface area (Å²) in [7, 11) is 0. The van der Waals surface area contributed by atoms with Gasteiger partial charge in [-0.1, -0.05) is 146 Å². The van der Waals surface area contributed by atoms with Gasteiger partial charge in [0.15, 0.2) is 0 Å². The average molecular weight is 539 g/mol. The van der Waals surface area contributed by atoms with Gasteiger partial charge in [0, 0.05) is 17.4 Å². The molecule has 1 aliphatic heterocycles. The molecule has 0 saturated carbocycles. The zero-order valence-electron chi connectivity index (χ0n) is 23.2. The molecular formula is C41H30O. The van der Waals surface area contributed by atoms with Crippen molar-refractivity contribution >= 4 is 10.8 Å². The molecule has 0 radical (unpaired) electrons. The molecule has 0 bridgehead atoms. The van der Waals surface area contributed by atoms with Crippen LogP contribution < -0.4 is 4.74 Å². The van der Waals surface area contributed by atoms with Crippen LogP contribution in [0, 0.1) is 0 Å². The standard InChI is InChI=1S/C41H30O/c1-3-9-28(10-4-1)30-15-19-32(20-16-30)41(33-21-17-31(18-22-33)29-11-5-2-6-12-29)36-23-24-37-38-25-34-13-7-8-14-35(34)26-40(38)42-39(37)27-36/h1-27,37,39,41H. The molecule has 1 aliphatic carbocycles. The van der Waals surface area contributed by atoms with Crippen LogP contribution in [0.3, 0.4) is 0 Å². The Kier molecular flexibility index (Phi) is 6.08. The maximum Gasteiger partial charge on any atom is 0.128 e. The van der Waals surface area contributed by atoms with Gasteiger partial charge in [-0.05, 0) is 67.9 Å². The summed E-state index contributed by atoms with van der Waals surface area (Å²) in [6.07, 6.45) is 7.03. The van der Waals surface area contributed by atoms with E-state index in [0.29, 0.717) is 0 Å². The summed E-state index contributed by atoms with van der Waals surface area (Å²) >= 11 is 0. The summed E-state index contributed by atoms with van der Waals surface area (Å²) in [6, 6.07) is 52.4. The minimum absolute atomic E-state index is 0.00787. The molecular weight excluding hydrogens is 508 g/mol. The first kappa shape index (κ1) is 24.6. The number of hydrogen-bond acceptors (Lipinski definition) is 1. The molecule has 42 heavy (non-hydrogen) atoms. The Morgan fingerprint density at radius 1 is 0.500 bits per heavy atom. The van der Waals surface area contributed by atoms with E-state index in [9.17, 15) is 0 Å². The van der Waals surface area contributed by atoms with Crippen molar-refractivity contribution in [3.05, 3.63) is 186 Å². The molecule has 0 N–H and O–H groups in total. The summed E-state index contributed by atoms with van der Waals surface area (Å²) in [6.45, 7) is 0. The molecule has 0 fully saturated rings. The minimum Gasteiger partial charge on any atom is -0.485 e. The van der Waals surface area contributed by atoms with E-state index in [4.69, 9.17) is 4.74 Å². The SMILES string of the molecule is C1=CC2c3cc4ccccc4cc3OC2C=C1C(c1ccc(-c2ccccc2)cc1)c1ccc(-c2ccccc2)cc1. The predicted octanol–water partition coefficient (Wildman–Crippen LogP) is 10.3. The molecule has 0 aromatic heterocycles. The van der Waals surface area contributed by atoms with Gasteiger partial charge >= 0.3 is 0 Å². The third-order valence-corrected chi connectivity index (χ3v) is 8.74. The van der Waals surface area contributed by atoms with Crippen LogP contribution in [0.25, 0.3) is 33.0 Å². The van der Waals surface area contributed by atoms with Crippen LogP contribution in [0.2, 0.25) is 0 Å². The molecule has 6 aromatic carbocycles. The molecule has 2 aliphatic rings. The lowest BCUT2D eigenvalue weighted by Gasteiger charge is -2.26. The average Bonchev–Trinajstić information content (AvgIpc) is 3.42. The number of hydrogen-bond donors (Lipinski definition) is 0. The van der Waals surface area contributed by atoms with Crippen LogP contribution in [0.4, 0.5) is 0 Å². The lowest BCUT2D eigenvalue weighted by molar-refractivity contribution is 0.267. The van der Waals surface area contributed by atoms with Crippen molar-refractivity contribution in [1.82, 2.24) is 0 Å². The third-order valence-electron chi connectivity index (χ3n) is 8.74. The van der Waals surface area contributed by atoms with E-state index in [-0.39, 0.29) is 17.9 Å². The first-order valence-corrected chi connectivity index (χ1v) is 14.7. The number of benzene rings is 6. The van der Waals surface area contributed by atoms with Crippen molar-refractivity contribution in [1.29, 1.82) is 0 Å². The maximum atomic E-state index is 6.60. The van der Waals surface area contributed by atoms with Crippen molar-refractivity contribution in [3.8, 4) is 28.0 Å². The van der Waals surface area contributed by atoms with E-state index in [2.05, 4.69) is 164 Å². The van der Waals surface area contributed by atoms with Crippen LogP contribution >= 0.6 is 0 Å². The maximum absolute atomic E-state index is 6.60. The monoisotopic (exact) mass is 538 g/mol. The lowest BCUT2D eigenvalue weighted by atomic mass is 9.79. The van der Waals surface area contributed by atoms with Gasteiger partial charge in [0.1, 0.15) is 11.9 Å². The van der Waals surface area contributed by atoms with Gasteiger partial charge in [0.25, 0.3) is 0 Å². The summed E-state index contributed by atoms with van der Waals surface area (Å²) in [5, 5.41) is 2.48. The highest BCUT2D eigenvalue weighted by Gasteiger charge is 2.35. The number of fused-ring (bicyclic) bond motifs is 4. The Balaban J connectivity index is 1.17. The fraction of sp³-hybridized carbons (Fsp3) is 0.0732. The first-order valence-electron chi connectivity index (χ1n) is 14.7. The number of ether oxygens (including phenoxy) is 1. The zero-order valence-corrected chi connectivity index (χ0v) is 23.2. The Hall–Kier alpha value is -5.14. The summed E-state index contributed by atoms with van der Waals surface area (Å²) in [4.78, 5) is 0. The van der Waals surface area contributed by atoms with Gasteiger partial charge in [-0.15, -0.1) is 0 Å². The minimum atomic E-state index is -0.00787. The molecule has 1 heteroatoms. The fourth-order valence-corrected chi connectivity index (χ4v) is 6.57. The molecule has 8 rings (SSSR count). The molecule has 6 aromatic rings. The van der Waals surface area contributed by atoms with Crippen LogP contribution in [0.1, 0.15) is 28.5 Å². The van der Waals surface area contributed by atoms with E-state index < -0.39 is 0 Å². The van der Waals surface area contributed by atoms with Crippen molar-refractivity contribution in [3.63, 3.8) is 0 Å². The Bertz CT molecular complexity index is 1850. The van der Waals surface area contributed by atoms with Gasteiger partial charge in [-0.25, -0.2) is 0 Å². The smallest absolute Gasteiger partial charge is 0.128 e. The van der Waals surface area contributed by atoms with Crippen LogP contribution in [0.5, 0.6) is 5.75 Å². The topological polar surface area (TPSA) is 9.23 Å². The largest absolute Gasteiger partial charge is 0.485 e. The highest BCUT2D eigenvalue weighted by Crippen LogP contribution is 2.46. The number of rotatable bonds is 5. The van der Waals surface area contributed by atoms with Crippen molar-refractivity contribution in [2.45, 2.75) is 17.9 Å². The zero-order chi connectivity index (χ0) is 27.9. The van der Waals surface area contributed by atoms with Crippen molar-refractivity contribution in [2.75, 3.05) is 0 Å². The molecule has 0 spiro atoms. The van der Waals surface area contributed by atoms with E-state index in [0.717, 1.165) is 5.75 Å². The van der Waals surface area contributed by atoms with E-state index >= 15 is 0 Å². The fourth-order valence-electron chi connectivity index (χ4n) is 6.57. The van der Waals surface area contributed by atoms with Crippen molar-refractivity contribution < 1.29 is 4.74 Å². The van der Waals surface area contributed by atoms with Crippen LogP contribution in [0.15, 0.2) is 169 Å². The molecule has 2 atom stereocenters. The molecule has 200 valence electrons. The molecule has 1 nitrogen and oxygen atoms in total. The second-order valence-corrected chi connectivity index (χ2v) is 11.3. The van der Waals surface area contributed by atoms with Crippen LogP contribution in [-0.2, 0) is 0 Å². The molecule has 0 amide bonds. The molecule has 0 saturated heterocycles. The first-order chi connectivity index (χ1) is 20.8. The molecule has 1 heterocycles. The summed E-state index contributed by atoms with van der Waals surface area (Å²) in [5.74, 6) is 1.33. The summed E-state index contributed by atoms with van der Waals surface area (Å²) in [5.41, 5.74) is 10.0. The molecule has 2 unspecified atom stereocenters. The van der Waals surface area contributed by atoms with Gasteiger partial charge in [0.2, 0.25) is 0 Å². The Morgan fingerprint density at radius 2 is 1.00 bits per heavy atom. The predicted molar refractivity (Wildman–Crippen MR) is 174 cm³/mol. The second-order valence-electron chi connectivity index (χ2n) is 11.3. The highest BCUT2D eigenvalue weighted by molar-refractivity contribution is 5.86. The third kappa shape index (κ3) is 4.44. The quantitative estimate of drug-likeness (QED) is 0.212. The highest BCUT2D eigenvalue weighted by atomic mass is 16.5. The van der Waals surface area contributed by atoms with E-state index in [1.54, 1.807) is 0 Å². The van der Waals surface area contributed by atoms with E-state index in [1.165, 1.54) is 55.3 Å². The van der Waals surface area contributed by atoms with Gasteiger partial charge < -0.3 is 4.74 Å². The van der Waals surface area contributed by atoms with E-state index in [1.807, 2.05) is 0 Å². The van der Waals surface area contributed by atoms with Gasteiger partial charge in [0.05, 0.1) is 0 Å². The van der Waals surface area contributed by atoms with Crippen molar-refractivity contribution in [2.24, 2.45) is 0 Å². The summed E-state index contributed by atoms with van der Waals surface area (Å²) < 4.78 is 6.60. The second kappa shape index (κ2) is 10.4. The Labute approximate surface area is 247 Å². The van der Waals surface area contributed by atoms with Crippen LogP contribution in [-0.4, -0.2) is 6.10 Å². The normalized spacial score (nSPS) is 17.0. The lowest BCUT2D eigenvalue weighted by Crippen LogP contribution is -2.19. The Morgan fingerprint density at radius 3 is 1.57 bits per heavy atom.